The van der Waals surface area contributed by atoms with E-state index in [9.17, 15) is 9.59 Å². The number of nitrogens with zero attached hydrogens (tertiary/aromatic N) is 3. The Kier molecular flexibility index (Phi) is 7.41. The van der Waals surface area contributed by atoms with E-state index >= 15 is 0 Å². The SMILES string of the molecule is COC(=O)c1c(NC(=O)C2CCCO2)c2cc(NCc3ccncc3)cnc2n1CCc1ccccc1. The van der Waals surface area contributed by atoms with Crippen molar-refractivity contribution >= 4 is 34.3 Å². The predicted octanol–water partition coefficient (Wildman–Crippen LogP) is 4.19. The van der Waals surface area contributed by atoms with E-state index in [1.165, 1.54) is 7.11 Å². The van der Waals surface area contributed by atoms with E-state index in [0.29, 0.717) is 49.3 Å². The second-order valence-corrected chi connectivity index (χ2v) is 8.90. The molecule has 1 aliphatic heterocycles. The van der Waals surface area contributed by atoms with Gasteiger partial charge in [-0.15, -0.1) is 0 Å². The van der Waals surface area contributed by atoms with Gasteiger partial charge in [0, 0.05) is 37.5 Å². The van der Waals surface area contributed by atoms with Gasteiger partial charge in [-0.2, -0.15) is 0 Å². The van der Waals surface area contributed by atoms with Gasteiger partial charge in [0.15, 0.2) is 5.69 Å². The van der Waals surface area contributed by atoms with Crippen LogP contribution in [0, 0.1) is 0 Å². The molecule has 4 heterocycles. The summed E-state index contributed by atoms with van der Waals surface area (Å²) in [6, 6.07) is 15.8. The minimum absolute atomic E-state index is 0.263. The monoisotopic (exact) mass is 499 g/mol. The number of pyridine rings is 2. The zero-order valence-electron chi connectivity index (χ0n) is 20.6. The van der Waals surface area contributed by atoms with Crippen LogP contribution in [0.15, 0.2) is 67.1 Å². The van der Waals surface area contributed by atoms with Crippen molar-refractivity contribution in [1.29, 1.82) is 0 Å². The first kappa shape index (κ1) is 24.5. The van der Waals surface area contributed by atoms with Crippen LogP contribution in [0.4, 0.5) is 11.4 Å². The highest BCUT2D eigenvalue weighted by Crippen LogP contribution is 2.33. The van der Waals surface area contributed by atoms with Gasteiger partial charge >= 0.3 is 5.97 Å². The fourth-order valence-corrected chi connectivity index (χ4v) is 4.55. The maximum Gasteiger partial charge on any atom is 0.356 e. The van der Waals surface area contributed by atoms with Crippen LogP contribution in [0.3, 0.4) is 0 Å². The lowest BCUT2D eigenvalue weighted by molar-refractivity contribution is -0.124. The third-order valence-corrected chi connectivity index (χ3v) is 6.46. The quantitative estimate of drug-likeness (QED) is 0.333. The molecule has 0 aliphatic carbocycles. The van der Waals surface area contributed by atoms with E-state index in [1.807, 2.05) is 53.1 Å². The molecule has 1 aliphatic rings. The Morgan fingerprint density at radius 2 is 1.95 bits per heavy atom. The number of fused-ring (bicyclic) bond motifs is 1. The first-order valence-electron chi connectivity index (χ1n) is 12.3. The van der Waals surface area contributed by atoms with Crippen molar-refractivity contribution in [1.82, 2.24) is 14.5 Å². The van der Waals surface area contributed by atoms with E-state index in [-0.39, 0.29) is 11.6 Å². The van der Waals surface area contributed by atoms with Gasteiger partial charge in [0.2, 0.25) is 0 Å². The molecule has 1 amide bonds. The van der Waals surface area contributed by atoms with Crippen molar-refractivity contribution in [2.75, 3.05) is 24.4 Å². The average molecular weight is 500 g/mol. The number of methoxy groups -OCH3 is 1. The highest BCUT2D eigenvalue weighted by molar-refractivity contribution is 6.12. The number of carbonyl (C=O) groups is 2. The number of nitrogens with one attached hydrogen (secondary N) is 2. The molecule has 9 heteroatoms. The smallest absolute Gasteiger partial charge is 0.356 e. The molecule has 1 fully saturated rings. The molecule has 2 N–H and O–H groups in total. The fraction of sp³-hybridized carbons (Fsp3) is 0.286. The van der Waals surface area contributed by atoms with Gasteiger partial charge in [0.1, 0.15) is 11.8 Å². The summed E-state index contributed by atoms with van der Waals surface area (Å²) in [5.41, 5.74) is 4.19. The Morgan fingerprint density at radius 1 is 1.14 bits per heavy atom. The van der Waals surface area contributed by atoms with Gasteiger partial charge in [0.05, 0.1) is 24.7 Å². The average Bonchev–Trinajstić information content (AvgIpc) is 3.59. The molecule has 0 spiro atoms. The van der Waals surface area contributed by atoms with E-state index in [4.69, 9.17) is 14.5 Å². The van der Waals surface area contributed by atoms with Crippen LogP contribution in [0.1, 0.15) is 34.5 Å². The fourth-order valence-electron chi connectivity index (χ4n) is 4.55. The molecule has 9 nitrogen and oxygen atoms in total. The number of anilines is 2. The Bertz CT molecular complexity index is 1380. The summed E-state index contributed by atoms with van der Waals surface area (Å²) in [6.45, 7) is 1.61. The highest BCUT2D eigenvalue weighted by Gasteiger charge is 2.30. The lowest BCUT2D eigenvalue weighted by Crippen LogP contribution is -2.28. The largest absolute Gasteiger partial charge is 0.464 e. The first-order chi connectivity index (χ1) is 18.1. The van der Waals surface area contributed by atoms with Crippen LogP contribution in [0.25, 0.3) is 11.0 Å². The number of rotatable bonds is 9. The molecule has 0 saturated carbocycles. The second kappa shape index (κ2) is 11.2. The van der Waals surface area contributed by atoms with Crippen LogP contribution in [0.2, 0.25) is 0 Å². The predicted molar refractivity (Wildman–Crippen MR) is 140 cm³/mol. The summed E-state index contributed by atoms with van der Waals surface area (Å²) in [5, 5.41) is 6.99. The summed E-state index contributed by atoms with van der Waals surface area (Å²) in [5.74, 6) is -0.820. The van der Waals surface area contributed by atoms with Crippen LogP contribution < -0.4 is 10.6 Å². The summed E-state index contributed by atoms with van der Waals surface area (Å²) in [6.07, 6.45) is 6.81. The zero-order valence-corrected chi connectivity index (χ0v) is 20.6. The molecule has 4 aromatic rings. The third-order valence-electron chi connectivity index (χ3n) is 6.46. The highest BCUT2D eigenvalue weighted by atomic mass is 16.5. The normalized spacial score (nSPS) is 15.0. The molecular formula is C28H29N5O4. The standard InChI is InChI=1S/C28H29N5O4/c1-36-28(35)25-24(32-27(34)23-8-5-15-37-23)22-16-21(30-17-20-9-12-29-13-10-20)18-31-26(22)33(25)14-11-19-6-3-2-4-7-19/h2-4,6-7,9-10,12-13,16,18,23,30H,5,8,11,14-15,17H2,1H3,(H,32,34). The molecule has 1 unspecified atom stereocenters. The van der Waals surface area contributed by atoms with Gasteiger partial charge in [-0.05, 0) is 48.6 Å². The number of aryl methyl sites for hydroxylation is 2. The lowest BCUT2D eigenvalue weighted by Gasteiger charge is -2.13. The van der Waals surface area contributed by atoms with Crippen molar-refractivity contribution in [3.8, 4) is 0 Å². The topological polar surface area (TPSA) is 107 Å². The van der Waals surface area contributed by atoms with E-state index < -0.39 is 12.1 Å². The van der Waals surface area contributed by atoms with Gasteiger partial charge < -0.3 is 24.7 Å². The summed E-state index contributed by atoms with van der Waals surface area (Å²) in [7, 11) is 1.34. The second-order valence-electron chi connectivity index (χ2n) is 8.90. The van der Waals surface area contributed by atoms with Gasteiger partial charge in [-0.3, -0.25) is 9.78 Å². The van der Waals surface area contributed by atoms with Crippen LogP contribution in [0.5, 0.6) is 0 Å². The molecular weight excluding hydrogens is 470 g/mol. The molecule has 37 heavy (non-hydrogen) atoms. The van der Waals surface area contributed by atoms with Crippen molar-refractivity contribution in [3.05, 3.63) is 83.9 Å². The molecule has 0 bridgehead atoms. The molecule has 1 atom stereocenters. The molecule has 1 aromatic carbocycles. The Balaban J connectivity index is 1.54. The molecule has 3 aromatic heterocycles. The Labute approximate surface area is 214 Å². The van der Waals surface area contributed by atoms with Gasteiger partial charge in [0.25, 0.3) is 5.91 Å². The maximum atomic E-state index is 13.1. The van der Waals surface area contributed by atoms with Crippen LogP contribution >= 0.6 is 0 Å². The van der Waals surface area contributed by atoms with Crippen molar-refractivity contribution < 1.29 is 19.1 Å². The number of hydrogen-bond donors (Lipinski definition) is 2. The molecule has 5 rings (SSSR count). The summed E-state index contributed by atoms with van der Waals surface area (Å²) >= 11 is 0. The number of hydrogen-bond acceptors (Lipinski definition) is 7. The zero-order chi connectivity index (χ0) is 25.6. The van der Waals surface area contributed by atoms with Crippen molar-refractivity contribution in [2.45, 2.75) is 38.5 Å². The van der Waals surface area contributed by atoms with E-state index in [0.717, 1.165) is 23.2 Å². The summed E-state index contributed by atoms with van der Waals surface area (Å²) < 4.78 is 12.6. The van der Waals surface area contributed by atoms with E-state index in [1.54, 1.807) is 18.6 Å². The number of amides is 1. The Morgan fingerprint density at radius 3 is 2.68 bits per heavy atom. The molecule has 1 saturated heterocycles. The number of ether oxygens (including phenoxy) is 2. The summed E-state index contributed by atoms with van der Waals surface area (Å²) in [4.78, 5) is 34.9. The van der Waals surface area contributed by atoms with Gasteiger partial charge in [-0.1, -0.05) is 30.3 Å². The van der Waals surface area contributed by atoms with E-state index in [2.05, 4.69) is 15.6 Å². The van der Waals surface area contributed by atoms with Crippen molar-refractivity contribution in [3.63, 3.8) is 0 Å². The number of aromatic nitrogens is 3. The Hall–Kier alpha value is -4.24. The number of carbonyl (C=O) groups excluding carboxylic acids is 2. The minimum Gasteiger partial charge on any atom is -0.464 e. The first-order valence-corrected chi connectivity index (χ1v) is 12.3. The minimum atomic E-state index is -0.547. The van der Waals surface area contributed by atoms with Gasteiger partial charge in [-0.25, -0.2) is 9.78 Å². The van der Waals surface area contributed by atoms with Crippen LogP contribution in [-0.4, -0.2) is 46.2 Å². The maximum absolute atomic E-state index is 13.1. The third kappa shape index (κ3) is 5.46. The number of esters is 1. The number of benzene rings is 1. The van der Waals surface area contributed by atoms with Crippen molar-refractivity contribution in [2.24, 2.45) is 0 Å². The lowest BCUT2D eigenvalue weighted by atomic mass is 10.1. The molecule has 0 radical (unpaired) electrons. The molecule has 190 valence electrons. The van der Waals surface area contributed by atoms with Crippen LogP contribution in [-0.2, 0) is 33.8 Å².